The van der Waals surface area contributed by atoms with Gasteiger partial charge in [-0.2, -0.15) is 0 Å². The van der Waals surface area contributed by atoms with Crippen LogP contribution in [-0.2, 0) is 9.53 Å². The Morgan fingerprint density at radius 1 is 1.13 bits per heavy atom. The molecular formula is C19H21NO3. The summed E-state index contributed by atoms with van der Waals surface area (Å²) < 4.78 is 5.48. The van der Waals surface area contributed by atoms with Crippen LogP contribution in [0.4, 0.5) is 4.79 Å². The molecule has 1 aliphatic heterocycles. The molecule has 0 radical (unpaired) electrons. The van der Waals surface area contributed by atoms with Gasteiger partial charge in [-0.3, -0.25) is 4.79 Å². The van der Waals surface area contributed by atoms with Gasteiger partial charge in [0.15, 0.2) is 0 Å². The monoisotopic (exact) mass is 311 g/mol. The number of ether oxygens (including phenoxy) is 1. The molecule has 0 aliphatic carbocycles. The highest BCUT2D eigenvalue weighted by molar-refractivity contribution is 5.95. The molecule has 1 atom stereocenters. The van der Waals surface area contributed by atoms with Crippen LogP contribution in [0.2, 0.25) is 0 Å². The number of hydrogen-bond donors (Lipinski definition) is 0. The number of hydrogen-bond acceptors (Lipinski definition) is 3. The minimum atomic E-state index is -0.760. The molecule has 23 heavy (non-hydrogen) atoms. The topological polar surface area (TPSA) is 46.6 Å². The first kappa shape index (κ1) is 15.5. The summed E-state index contributed by atoms with van der Waals surface area (Å²) >= 11 is 0. The highest BCUT2D eigenvalue weighted by Crippen LogP contribution is 2.42. The molecular weight excluding hydrogens is 290 g/mol. The number of benzene rings is 2. The highest BCUT2D eigenvalue weighted by Gasteiger charge is 2.51. The fourth-order valence-corrected chi connectivity index (χ4v) is 3.17. The number of nitrogens with zero attached hydrogens (tertiary/aromatic N) is 1. The van der Waals surface area contributed by atoms with E-state index >= 15 is 0 Å². The van der Waals surface area contributed by atoms with E-state index in [0.717, 1.165) is 16.3 Å². The number of cyclic esters (lactones) is 1. The van der Waals surface area contributed by atoms with Crippen LogP contribution in [0.5, 0.6) is 0 Å². The minimum absolute atomic E-state index is 0.210. The molecule has 2 amide bonds. The molecule has 4 heteroatoms. The summed E-state index contributed by atoms with van der Waals surface area (Å²) in [6.45, 7) is 7.27. The van der Waals surface area contributed by atoms with E-state index in [1.165, 1.54) is 4.90 Å². The molecule has 3 rings (SSSR count). The standard InChI is InChI=1S/C19H21NO3/c1-12(2)17(21)20-16(19(3,4)23-18(20)22)15-10-9-13-7-5-6-8-14(13)11-15/h5-12,16H,1-4H3/t16-/m0/s1. The number of imide groups is 1. The van der Waals surface area contributed by atoms with Crippen LogP contribution >= 0.6 is 0 Å². The first-order valence-electron chi connectivity index (χ1n) is 7.86. The second kappa shape index (κ2) is 5.37. The smallest absolute Gasteiger partial charge is 0.417 e. The van der Waals surface area contributed by atoms with E-state index in [1.807, 2.05) is 56.3 Å². The Labute approximate surface area is 136 Å². The van der Waals surface area contributed by atoms with Gasteiger partial charge in [-0.05, 0) is 36.2 Å². The van der Waals surface area contributed by atoms with Crippen molar-refractivity contribution in [3.8, 4) is 0 Å². The SMILES string of the molecule is CC(C)C(=O)N1C(=O)OC(C)(C)[C@@H]1c1ccc2ccccc2c1. The van der Waals surface area contributed by atoms with Crippen LogP contribution < -0.4 is 0 Å². The van der Waals surface area contributed by atoms with E-state index in [9.17, 15) is 9.59 Å². The lowest BCUT2D eigenvalue weighted by Crippen LogP contribution is -2.40. The fraction of sp³-hybridized carbons (Fsp3) is 0.368. The van der Waals surface area contributed by atoms with Gasteiger partial charge in [0.05, 0.1) is 0 Å². The van der Waals surface area contributed by atoms with Crippen LogP contribution in [0.25, 0.3) is 10.8 Å². The summed E-state index contributed by atoms with van der Waals surface area (Å²) in [5, 5.41) is 2.21. The average molecular weight is 311 g/mol. The third-order valence-corrected chi connectivity index (χ3v) is 4.28. The quantitative estimate of drug-likeness (QED) is 0.831. The molecule has 2 aromatic carbocycles. The summed E-state index contributed by atoms with van der Waals surface area (Å²) in [5.74, 6) is -0.474. The van der Waals surface area contributed by atoms with E-state index in [0.29, 0.717) is 0 Å². The van der Waals surface area contributed by atoms with E-state index < -0.39 is 17.7 Å². The maximum absolute atomic E-state index is 12.5. The Kier molecular flexibility index (Phi) is 3.63. The lowest BCUT2D eigenvalue weighted by Gasteiger charge is -2.29. The van der Waals surface area contributed by atoms with Gasteiger partial charge in [-0.25, -0.2) is 9.69 Å². The van der Waals surface area contributed by atoms with E-state index in [1.54, 1.807) is 13.8 Å². The predicted molar refractivity (Wildman–Crippen MR) is 88.9 cm³/mol. The van der Waals surface area contributed by atoms with Crippen molar-refractivity contribution in [2.45, 2.75) is 39.3 Å². The lowest BCUT2D eigenvalue weighted by atomic mass is 9.89. The summed E-state index contributed by atoms with van der Waals surface area (Å²) in [5.41, 5.74) is 0.151. The van der Waals surface area contributed by atoms with Crippen molar-refractivity contribution in [1.29, 1.82) is 0 Å². The zero-order valence-corrected chi connectivity index (χ0v) is 13.9. The Hall–Kier alpha value is -2.36. The minimum Gasteiger partial charge on any atom is -0.440 e. The zero-order valence-electron chi connectivity index (χ0n) is 13.9. The van der Waals surface area contributed by atoms with Gasteiger partial charge < -0.3 is 4.74 Å². The second-order valence-electron chi connectivity index (χ2n) is 6.84. The Morgan fingerprint density at radius 2 is 1.78 bits per heavy atom. The van der Waals surface area contributed by atoms with Crippen molar-refractivity contribution in [2.24, 2.45) is 5.92 Å². The van der Waals surface area contributed by atoms with Crippen molar-refractivity contribution in [2.75, 3.05) is 0 Å². The van der Waals surface area contributed by atoms with Gasteiger partial charge in [0.1, 0.15) is 11.6 Å². The third-order valence-electron chi connectivity index (χ3n) is 4.28. The molecule has 1 saturated heterocycles. The van der Waals surface area contributed by atoms with Crippen LogP contribution in [0.15, 0.2) is 42.5 Å². The summed E-state index contributed by atoms with van der Waals surface area (Å²) in [6.07, 6.45) is -0.563. The molecule has 0 aromatic heterocycles. The average Bonchev–Trinajstić information content (AvgIpc) is 2.74. The fourth-order valence-electron chi connectivity index (χ4n) is 3.17. The van der Waals surface area contributed by atoms with Crippen molar-refractivity contribution < 1.29 is 14.3 Å². The zero-order chi connectivity index (χ0) is 16.8. The summed E-state index contributed by atoms with van der Waals surface area (Å²) in [7, 11) is 0. The van der Waals surface area contributed by atoms with E-state index in [2.05, 4.69) is 0 Å². The van der Waals surface area contributed by atoms with Gasteiger partial charge in [0.25, 0.3) is 0 Å². The number of fused-ring (bicyclic) bond motifs is 1. The molecule has 2 aromatic rings. The van der Waals surface area contributed by atoms with Crippen LogP contribution in [0.3, 0.4) is 0 Å². The Bertz CT molecular complexity index is 779. The first-order chi connectivity index (χ1) is 10.8. The molecule has 0 N–H and O–H groups in total. The van der Waals surface area contributed by atoms with E-state index in [-0.39, 0.29) is 11.8 Å². The lowest BCUT2D eigenvalue weighted by molar-refractivity contribution is -0.133. The first-order valence-corrected chi connectivity index (χ1v) is 7.86. The number of carbonyl (C=O) groups is 2. The van der Waals surface area contributed by atoms with Gasteiger partial charge in [0.2, 0.25) is 5.91 Å². The molecule has 1 fully saturated rings. The molecule has 120 valence electrons. The van der Waals surface area contributed by atoms with Gasteiger partial charge in [0, 0.05) is 5.92 Å². The molecule has 1 heterocycles. The molecule has 0 spiro atoms. The largest absolute Gasteiger partial charge is 0.440 e. The van der Waals surface area contributed by atoms with Crippen molar-refractivity contribution in [1.82, 2.24) is 4.90 Å². The highest BCUT2D eigenvalue weighted by atomic mass is 16.6. The molecule has 0 unspecified atom stereocenters. The third kappa shape index (κ3) is 2.58. The maximum Gasteiger partial charge on any atom is 0.417 e. The summed E-state index contributed by atoms with van der Waals surface area (Å²) in [6, 6.07) is 13.6. The maximum atomic E-state index is 12.5. The normalized spacial score (nSPS) is 20.1. The number of amides is 2. The number of rotatable bonds is 2. The molecule has 0 saturated carbocycles. The van der Waals surface area contributed by atoms with Crippen LogP contribution in [0.1, 0.15) is 39.3 Å². The molecule has 4 nitrogen and oxygen atoms in total. The Morgan fingerprint density at radius 3 is 2.43 bits per heavy atom. The number of carbonyl (C=O) groups excluding carboxylic acids is 2. The van der Waals surface area contributed by atoms with Crippen LogP contribution in [-0.4, -0.2) is 22.5 Å². The van der Waals surface area contributed by atoms with Gasteiger partial charge in [-0.1, -0.05) is 50.2 Å². The molecule has 1 aliphatic rings. The van der Waals surface area contributed by atoms with Crippen LogP contribution in [0, 0.1) is 5.92 Å². The van der Waals surface area contributed by atoms with Gasteiger partial charge >= 0.3 is 6.09 Å². The van der Waals surface area contributed by atoms with E-state index in [4.69, 9.17) is 4.74 Å². The van der Waals surface area contributed by atoms with Crippen molar-refractivity contribution in [3.05, 3.63) is 48.0 Å². The second-order valence-corrected chi connectivity index (χ2v) is 6.84. The van der Waals surface area contributed by atoms with Crippen molar-refractivity contribution in [3.63, 3.8) is 0 Å². The summed E-state index contributed by atoms with van der Waals surface area (Å²) in [4.78, 5) is 26.1. The van der Waals surface area contributed by atoms with Crippen molar-refractivity contribution >= 4 is 22.8 Å². The molecule has 0 bridgehead atoms. The Balaban J connectivity index is 2.11. The van der Waals surface area contributed by atoms with Gasteiger partial charge in [-0.15, -0.1) is 0 Å². The predicted octanol–water partition coefficient (Wildman–Crippen LogP) is 4.29.